The number of aromatic nitrogens is 4. The second kappa shape index (κ2) is 3.49. The van der Waals surface area contributed by atoms with Gasteiger partial charge < -0.3 is 5.73 Å². The molecule has 1 amide bonds. The molecule has 2 heterocycles. The number of nitrogens with two attached hydrogens (primary N) is 1. The average Bonchev–Trinajstić information content (AvgIpc) is 2.65. The van der Waals surface area contributed by atoms with Crippen molar-refractivity contribution in [3.05, 3.63) is 30.5 Å². The number of rotatable bonds is 2. The summed E-state index contributed by atoms with van der Waals surface area (Å²) >= 11 is 0. The van der Waals surface area contributed by atoms with Crippen LogP contribution in [0.25, 0.3) is 11.3 Å². The van der Waals surface area contributed by atoms with Gasteiger partial charge in [0.25, 0.3) is 5.91 Å². The summed E-state index contributed by atoms with van der Waals surface area (Å²) in [7, 11) is 1.81. The van der Waals surface area contributed by atoms with Gasteiger partial charge >= 0.3 is 0 Å². The van der Waals surface area contributed by atoms with Crippen molar-refractivity contribution < 1.29 is 4.79 Å². The van der Waals surface area contributed by atoms with E-state index in [1.54, 1.807) is 30.2 Å². The third-order valence-corrected chi connectivity index (χ3v) is 1.92. The summed E-state index contributed by atoms with van der Waals surface area (Å²) in [4.78, 5) is 18.7. The van der Waals surface area contributed by atoms with Crippen molar-refractivity contribution in [1.82, 2.24) is 19.7 Å². The molecule has 0 aliphatic rings. The summed E-state index contributed by atoms with van der Waals surface area (Å²) in [5.41, 5.74) is 6.77. The monoisotopic (exact) mass is 203 g/mol. The molecule has 0 aromatic carbocycles. The lowest BCUT2D eigenvalue weighted by Gasteiger charge is -1.97. The van der Waals surface area contributed by atoms with E-state index in [9.17, 15) is 4.79 Å². The van der Waals surface area contributed by atoms with E-state index in [0.717, 1.165) is 5.56 Å². The summed E-state index contributed by atoms with van der Waals surface area (Å²) in [6.45, 7) is 0. The first-order valence-electron chi connectivity index (χ1n) is 4.27. The molecule has 2 N–H and O–H groups in total. The molecular formula is C9H9N5O. The molecule has 0 spiro atoms. The molecule has 6 nitrogen and oxygen atoms in total. The maximum atomic E-state index is 10.9. The van der Waals surface area contributed by atoms with Crippen molar-refractivity contribution in [1.29, 1.82) is 0 Å². The van der Waals surface area contributed by atoms with Crippen LogP contribution in [0.2, 0.25) is 0 Å². The molecule has 0 aliphatic carbocycles. The molecule has 0 unspecified atom stereocenters. The smallest absolute Gasteiger partial charge is 0.267 e. The third-order valence-electron chi connectivity index (χ3n) is 1.92. The van der Waals surface area contributed by atoms with E-state index in [4.69, 9.17) is 5.73 Å². The second-order valence-electron chi connectivity index (χ2n) is 3.06. The summed E-state index contributed by atoms with van der Waals surface area (Å²) in [6.07, 6.45) is 4.77. The molecule has 0 radical (unpaired) electrons. The molecule has 6 heteroatoms. The number of amides is 1. The van der Waals surface area contributed by atoms with Crippen LogP contribution in [0.15, 0.2) is 24.8 Å². The predicted octanol–water partition coefficient (Wildman–Crippen LogP) is -0.0240. The number of primary amides is 1. The van der Waals surface area contributed by atoms with Crippen LogP contribution < -0.4 is 5.73 Å². The number of hydrogen-bond donors (Lipinski definition) is 1. The molecule has 15 heavy (non-hydrogen) atoms. The highest BCUT2D eigenvalue weighted by atomic mass is 16.1. The Labute approximate surface area is 85.8 Å². The number of hydrogen-bond acceptors (Lipinski definition) is 4. The molecular weight excluding hydrogens is 194 g/mol. The molecule has 2 aromatic heterocycles. The Morgan fingerprint density at radius 1 is 1.47 bits per heavy atom. The fraction of sp³-hybridized carbons (Fsp3) is 0.111. The third kappa shape index (κ3) is 1.83. The molecule has 0 atom stereocenters. The van der Waals surface area contributed by atoms with Crippen molar-refractivity contribution in [2.45, 2.75) is 0 Å². The van der Waals surface area contributed by atoms with Crippen LogP contribution in [0.5, 0.6) is 0 Å². The topological polar surface area (TPSA) is 86.7 Å². The van der Waals surface area contributed by atoms with Crippen molar-refractivity contribution in [2.75, 3.05) is 0 Å². The van der Waals surface area contributed by atoms with Crippen molar-refractivity contribution in [3.63, 3.8) is 0 Å². The number of carbonyl (C=O) groups is 1. The zero-order valence-electron chi connectivity index (χ0n) is 8.08. The van der Waals surface area contributed by atoms with Crippen molar-refractivity contribution in [3.8, 4) is 11.3 Å². The van der Waals surface area contributed by atoms with Gasteiger partial charge in [-0.2, -0.15) is 5.10 Å². The predicted molar refractivity (Wildman–Crippen MR) is 52.8 cm³/mol. The maximum absolute atomic E-state index is 10.9. The molecule has 0 bridgehead atoms. The zero-order chi connectivity index (χ0) is 10.8. The lowest BCUT2D eigenvalue weighted by Crippen LogP contribution is -2.13. The largest absolute Gasteiger partial charge is 0.364 e. The van der Waals surface area contributed by atoms with Gasteiger partial charge in [0.15, 0.2) is 0 Å². The normalized spacial score (nSPS) is 10.2. The fourth-order valence-corrected chi connectivity index (χ4v) is 1.20. The van der Waals surface area contributed by atoms with E-state index in [2.05, 4.69) is 15.1 Å². The molecule has 0 saturated heterocycles. The Kier molecular flexibility index (Phi) is 2.17. The van der Waals surface area contributed by atoms with Crippen LogP contribution >= 0.6 is 0 Å². The highest BCUT2D eigenvalue weighted by molar-refractivity contribution is 5.91. The van der Waals surface area contributed by atoms with Gasteiger partial charge in [-0.05, 0) is 6.07 Å². The zero-order valence-corrected chi connectivity index (χ0v) is 8.08. The van der Waals surface area contributed by atoms with Gasteiger partial charge in [-0.25, -0.2) is 9.97 Å². The van der Waals surface area contributed by atoms with Crippen LogP contribution in [-0.2, 0) is 7.05 Å². The number of nitrogens with zero attached hydrogens (tertiary/aromatic N) is 4. The minimum absolute atomic E-state index is 0.198. The van der Waals surface area contributed by atoms with E-state index in [-0.39, 0.29) is 5.69 Å². The number of aryl methyl sites for hydroxylation is 1. The molecule has 76 valence electrons. The van der Waals surface area contributed by atoms with Gasteiger partial charge in [0.1, 0.15) is 12.0 Å². The van der Waals surface area contributed by atoms with E-state index in [1.807, 2.05) is 0 Å². The number of carbonyl (C=O) groups excluding carboxylic acids is 1. The Morgan fingerprint density at radius 3 is 2.87 bits per heavy atom. The van der Waals surface area contributed by atoms with Crippen LogP contribution in [0.4, 0.5) is 0 Å². The Balaban J connectivity index is 2.45. The van der Waals surface area contributed by atoms with Crippen molar-refractivity contribution >= 4 is 5.91 Å². The standard InChI is InChI=1S/C9H9N5O/c1-14-4-6(3-13-14)7-2-8(9(10)15)12-5-11-7/h2-5H,1H3,(H2,10,15). The molecule has 0 fully saturated rings. The van der Waals surface area contributed by atoms with E-state index in [1.165, 1.54) is 6.33 Å². The lowest BCUT2D eigenvalue weighted by atomic mass is 10.2. The quantitative estimate of drug-likeness (QED) is 0.742. The molecule has 0 aliphatic heterocycles. The Bertz CT molecular complexity index is 505. The second-order valence-corrected chi connectivity index (χ2v) is 3.06. The van der Waals surface area contributed by atoms with Gasteiger partial charge in [-0.3, -0.25) is 9.48 Å². The minimum Gasteiger partial charge on any atom is -0.364 e. The summed E-state index contributed by atoms with van der Waals surface area (Å²) in [5.74, 6) is -0.567. The highest BCUT2D eigenvalue weighted by Gasteiger charge is 2.06. The minimum atomic E-state index is -0.567. The highest BCUT2D eigenvalue weighted by Crippen LogP contribution is 2.14. The van der Waals surface area contributed by atoms with Gasteiger partial charge in [0.2, 0.25) is 0 Å². The van der Waals surface area contributed by atoms with E-state index in [0.29, 0.717) is 5.69 Å². The van der Waals surface area contributed by atoms with Crippen LogP contribution in [0.3, 0.4) is 0 Å². The van der Waals surface area contributed by atoms with Crippen LogP contribution in [0.1, 0.15) is 10.5 Å². The maximum Gasteiger partial charge on any atom is 0.267 e. The van der Waals surface area contributed by atoms with Gasteiger partial charge in [-0.15, -0.1) is 0 Å². The van der Waals surface area contributed by atoms with Gasteiger partial charge in [0, 0.05) is 18.8 Å². The van der Waals surface area contributed by atoms with E-state index < -0.39 is 5.91 Å². The first-order chi connectivity index (χ1) is 7.16. The van der Waals surface area contributed by atoms with E-state index >= 15 is 0 Å². The van der Waals surface area contributed by atoms with Crippen LogP contribution in [-0.4, -0.2) is 25.7 Å². The van der Waals surface area contributed by atoms with Gasteiger partial charge in [0.05, 0.1) is 11.9 Å². The molecule has 2 aromatic rings. The molecule has 2 rings (SSSR count). The Morgan fingerprint density at radius 2 is 2.27 bits per heavy atom. The Hall–Kier alpha value is -2.24. The van der Waals surface area contributed by atoms with Gasteiger partial charge in [-0.1, -0.05) is 0 Å². The van der Waals surface area contributed by atoms with Crippen molar-refractivity contribution in [2.24, 2.45) is 12.8 Å². The van der Waals surface area contributed by atoms with Crippen LogP contribution in [0, 0.1) is 0 Å². The first-order valence-corrected chi connectivity index (χ1v) is 4.27. The molecule has 0 saturated carbocycles. The average molecular weight is 203 g/mol. The fourth-order valence-electron chi connectivity index (χ4n) is 1.20. The SMILES string of the molecule is Cn1cc(-c2cc(C(N)=O)ncn2)cn1. The summed E-state index contributed by atoms with van der Waals surface area (Å²) in [5, 5.41) is 4.01. The first kappa shape index (κ1) is 9.32. The summed E-state index contributed by atoms with van der Waals surface area (Å²) in [6, 6.07) is 1.54. The summed E-state index contributed by atoms with van der Waals surface area (Å²) < 4.78 is 1.65. The lowest BCUT2D eigenvalue weighted by molar-refractivity contribution is 0.0995.